The van der Waals surface area contributed by atoms with Crippen LogP contribution in [0, 0.1) is 10.1 Å². The molecule has 1 saturated heterocycles. The average Bonchev–Trinajstić information content (AvgIpc) is 3.40. The van der Waals surface area contributed by atoms with Crippen molar-refractivity contribution in [1.29, 1.82) is 0 Å². The molecule has 7 nitrogen and oxygen atoms in total. The fraction of sp³-hybridized carbons (Fsp3) is 0.286. The van der Waals surface area contributed by atoms with Crippen LogP contribution in [0.5, 0.6) is 5.75 Å². The van der Waals surface area contributed by atoms with Gasteiger partial charge in [0.15, 0.2) is 0 Å². The zero-order chi connectivity index (χ0) is 20.2. The van der Waals surface area contributed by atoms with Crippen LogP contribution >= 0.6 is 11.3 Å². The van der Waals surface area contributed by atoms with Gasteiger partial charge < -0.3 is 14.8 Å². The Hall–Kier alpha value is -2.97. The van der Waals surface area contributed by atoms with Gasteiger partial charge >= 0.3 is 0 Å². The number of ether oxygens (including phenoxy) is 2. The van der Waals surface area contributed by atoms with E-state index in [1.54, 1.807) is 12.1 Å². The normalized spacial score (nSPS) is 16.1. The molecule has 29 heavy (non-hydrogen) atoms. The second-order valence-electron chi connectivity index (χ2n) is 6.86. The molecule has 2 aromatic carbocycles. The number of fused-ring (bicyclic) bond motifs is 1. The van der Waals surface area contributed by atoms with Crippen LogP contribution in [0.4, 0.5) is 5.69 Å². The number of benzene rings is 2. The first-order valence-electron chi connectivity index (χ1n) is 9.38. The number of hydrogen-bond acceptors (Lipinski definition) is 6. The van der Waals surface area contributed by atoms with Gasteiger partial charge in [-0.15, -0.1) is 11.3 Å². The summed E-state index contributed by atoms with van der Waals surface area (Å²) in [4.78, 5) is 23.4. The molecule has 150 valence electrons. The second-order valence-corrected chi connectivity index (χ2v) is 7.95. The first-order valence-corrected chi connectivity index (χ1v) is 10.2. The summed E-state index contributed by atoms with van der Waals surface area (Å²) in [5, 5.41) is 14.5. The summed E-state index contributed by atoms with van der Waals surface area (Å²) in [5.41, 5.74) is 0.976. The van der Waals surface area contributed by atoms with E-state index in [1.807, 2.05) is 24.3 Å². The van der Waals surface area contributed by atoms with E-state index in [4.69, 9.17) is 9.47 Å². The summed E-state index contributed by atoms with van der Waals surface area (Å²) in [7, 11) is 0. The number of hydrogen-bond donors (Lipinski definition) is 1. The number of rotatable bonds is 7. The molecule has 0 aliphatic carbocycles. The monoisotopic (exact) mass is 412 g/mol. The molecule has 1 aromatic heterocycles. The number of amides is 1. The van der Waals surface area contributed by atoms with Crippen LogP contribution in [0.3, 0.4) is 0 Å². The maximum atomic E-state index is 12.4. The van der Waals surface area contributed by atoms with Crippen molar-refractivity contribution < 1.29 is 19.2 Å². The molecule has 2 heterocycles. The van der Waals surface area contributed by atoms with Crippen molar-refractivity contribution in [3.05, 3.63) is 69.1 Å². The molecule has 1 aliphatic rings. The molecule has 1 amide bonds. The van der Waals surface area contributed by atoms with E-state index in [1.165, 1.54) is 23.5 Å². The average molecular weight is 412 g/mol. The highest BCUT2D eigenvalue weighted by Gasteiger charge is 2.16. The van der Waals surface area contributed by atoms with Crippen molar-refractivity contribution in [2.24, 2.45) is 0 Å². The SMILES string of the molecule is O=C(NCc1ccc(OCC2CCCO2)cc1)c1cc2cc([N+](=O)[O-])ccc2s1. The predicted molar refractivity (Wildman–Crippen MR) is 111 cm³/mol. The maximum Gasteiger partial charge on any atom is 0.270 e. The first-order chi connectivity index (χ1) is 14.1. The third-order valence-corrected chi connectivity index (χ3v) is 5.89. The van der Waals surface area contributed by atoms with Gasteiger partial charge in [-0.3, -0.25) is 14.9 Å². The molecule has 0 spiro atoms. The van der Waals surface area contributed by atoms with Gasteiger partial charge in [0, 0.05) is 35.4 Å². The third-order valence-electron chi connectivity index (χ3n) is 4.77. The highest BCUT2D eigenvalue weighted by molar-refractivity contribution is 7.20. The van der Waals surface area contributed by atoms with Gasteiger partial charge in [-0.2, -0.15) is 0 Å². The molecule has 0 bridgehead atoms. The minimum atomic E-state index is -0.439. The van der Waals surface area contributed by atoms with Gasteiger partial charge in [0.25, 0.3) is 11.6 Å². The topological polar surface area (TPSA) is 90.7 Å². The van der Waals surface area contributed by atoms with Crippen molar-refractivity contribution in [2.75, 3.05) is 13.2 Å². The molecule has 8 heteroatoms. The molecule has 1 unspecified atom stereocenters. The predicted octanol–water partition coefficient (Wildman–Crippen LogP) is 4.30. The highest BCUT2D eigenvalue weighted by atomic mass is 32.1. The largest absolute Gasteiger partial charge is 0.491 e. The van der Waals surface area contributed by atoms with Gasteiger partial charge in [-0.25, -0.2) is 0 Å². The van der Waals surface area contributed by atoms with Gasteiger partial charge in [0.05, 0.1) is 15.9 Å². The second kappa shape index (κ2) is 8.59. The van der Waals surface area contributed by atoms with Crippen molar-refractivity contribution in [3.8, 4) is 5.75 Å². The number of non-ortho nitro benzene ring substituents is 1. The number of carbonyl (C=O) groups is 1. The van der Waals surface area contributed by atoms with Crippen LogP contribution < -0.4 is 10.1 Å². The highest BCUT2D eigenvalue weighted by Crippen LogP contribution is 2.29. The molecular weight excluding hydrogens is 392 g/mol. The van der Waals surface area contributed by atoms with Crippen LogP contribution in [0.1, 0.15) is 28.1 Å². The first kappa shape index (κ1) is 19.4. The lowest BCUT2D eigenvalue weighted by Gasteiger charge is -2.12. The Labute approximate surface area is 171 Å². The zero-order valence-corrected chi connectivity index (χ0v) is 16.4. The van der Waals surface area contributed by atoms with Crippen molar-refractivity contribution in [1.82, 2.24) is 5.32 Å². The molecule has 3 aromatic rings. The lowest BCUT2D eigenvalue weighted by molar-refractivity contribution is -0.384. The van der Waals surface area contributed by atoms with E-state index in [-0.39, 0.29) is 17.7 Å². The smallest absolute Gasteiger partial charge is 0.270 e. The van der Waals surface area contributed by atoms with E-state index in [0.717, 1.165) is 35.5 Å². The van der Waals surface area contributed by atoms with Crippen LogP contribution in [0.15, 0.2) is 48.5 Å². The van der Waals surface area contributed by atoms with Crippen LogP contribution in [-0.2, 0) is 11.3 Å². The van der Waals surface area contributed by atoms with E-state index in [0.29, 0.717) is 23.4 Å². The fourth-order valence-corrected chi connectivity index (χ4v) is 4.15. The number of nitrogens with zero attached hydrogens (tertiary/aromatic N) is 1. The Morgan fingerprint density at radius 3 is 2.79 bits per heavy atom. The van der Waals surface area contributed by atoms with Gasteiger partial charge in [-0.05, 0) is 42.7 Å². The molecule has 4 rings (SSSR count). The summed E-state index contributed by atoms with van der Waals surface area (Å²) in [6, 6.07) is 13.9. The van der Waals surface area contributed by atoms with E-state index in [2.05, 4.69) is 5.32 Å². The minimum absolute atomic E-state index is 0.0176. The van der Waals surface area contributed by atoms with E-state index >= 15 is 0 Å². The van der Waals surface area contributed by atoms with E-state index < -0.39 is 4.92 Å². The Balaban J connectivity index is 1.33. The van der Waals surface area contributed by atoms with Crippen molar-refractivity contribution in [3.63, 3.8) is 0 Å². The van der Waals surface area contributed by atoms with Gasteiger partial charge in [0.2, 0.25) is 0 Å². The fourth-order valence-electron chi connectivity index (χ4n) is 3.19. The lowest BCUT2D eigenvalue weighted by Crippen LogP contribution is -2.21. The lowest BCUT2D eigenvalue weighted by atomic mass is 10.2. The molecule has 1 aliphatic heterocycles. The standard InChI is InChI=1S/C21H20N2O5S/c24-21(20-11-15-10-16(23(25)26)5-8-19(15)29-20)22-12-14-3-6-17(7-4-14)28-13-18-2-1-9-27-18/h3-8,10-11,18H,1-2,9,12-13H2,(H,22,24). The van der Waals surface area contributed by atoms with Gasteiger partial charge in [0.1, 0.15) is 12.4 Å². The molecule has 0 saturated carbocycles. The summed E-state index contributed by atoms with van der Waals surface area (Å²) in [6.07, 6.45) is 2.30. The maximum absolute atomic E-state index is 12.4. The third kappa shape index (κ3) is 4.72. The number of nitro groups is 1. The molecule has 1 N–H and O–H groups in total. The number of thiophene rings is 1. The zero-order valence-electron chi connectivity index (χ0n) is 15.6. The molecule has 0 radical (unpaired) electrons. The summed E-state index contributed by atoms with van der Waals surface area (Å²) in [5.74, 6) is 0.578. The molecule has 1 atom stereocenters. The van der Waals surface area contributed by atoms with Gasteiger partial charge in [-0.1, -0.05) is 12.1 Å². The quantitative estimate of drug-likeness (QED) is 0.462. The molecular formula is C21H20N2O5S. The summed E-state index contributed by atoms with van der Waals surface area (Å²) in [6.45, 7) is 1.75. The Morgan fingerprint density at radius 1 is 1.24 bits per heavy atom. The number of nitro benzene ring substituents is 1. The Morgan fingerprint density at radius 2 is 2.07 bits per heavy atom. The summed E-state index contributed by atoms with van der Waals surface area (Å²) >= 11 is 1.32. The molecule has 1 fully saturated rings. The Kier molecular flexibility index (Phi) is 5.73. The van der Waals surface area contributed by atoms with Crippen molar-refractivity contribution in [2.45, 2.75) is 25.5 Å². The number of carbonyl (C=O) groups excluding carboxylic acids is 1. The van der Waals surface area contributed by atoms with Crippen LogP contribution in [0.25, 0.3) is 10.1 Å². The van der Waals surface area contributed by atoms with E-state index in [9.17, 15) is 14.9 Å². The van der Waals surface area contributed by atoms with Crippen LogP contribution in [-0.4, -0.2) is 30.1 Å². The summed E-state index contributed by atoms with van der Waals surface area (Å²) < 4.78 is 12.1. The number of nitrogens with one attached hydrogen (secondary N) is 1. The Bertz CT molecular complexity index is 1030. The minimum Gasteiger partial charge on any atom is -0.491 e. The van der Waals surface area contributed by atoms with Crippen LogP contribution in [0.2, 0.25) is 0 Å². The van der Waals surface area contributed by atoms with Crippen molar-refractivity contribution >= 4 is 33.0 Å².